The number of hydrogen-bond acceptors (Lipinski definition) is 2. The van der Waals surface area contributed by atoms with Crippen molar-refractivity contribution >= 4 is 29.9 Å². The lowest BCUT2D eigenvalue weighted by Gasteiger charge is -2.35. The fourth-order valence-corrected chi connectivity index (χ4v) is 7.79. The summed E-state index contributed by atoms with van der Waals surface area (Å²) in [5.41, 5.74) is 0.252. The van der Waals surface area contributed by atoms with Crippen LogP contribution in [0, 0.1) is 0 Å². The van der Waals surface area contributed by atoms with Crippen LogP contribution in [0.15, 0.2) is 24.3 Å². The highest BCUT2D eigenvalue weighted by atomic mass is 28.2. The molecule has 0 saturated carbocycles. The lowest BCUT2D eigenvalue weighted by molar-refractivity contribution is 0.0444. The van der Waals surface area contributed by atoms with Crippen LogP contribution in [0.2, 0.25) is 0 Å². The summed E-state index contributed by atoms with van der Waals surface area (Å²) >= 11 is 0. The number of benzene rings is 1. The summed E-state index contributed by atoms with van der Waals surface area (Å²) < 4.78 is 13.4. The van der Waals surface area contributed by atoms with Crippen LogP contribution in [0.1, 0.15) is 119 Å². The maximum atomic E-state index is 6.71. The predicted molar refractivity (Wildman–Crippen MR) is 140 cm³/mol. The van der Waals surface area contributed by atoms with Crippen molar-refractivity contribution in [3.63, 3.8) is 0 Å². The largest absolute Gasteiger partial charge is 0.413 e. The Morgan fingerprint density at radius 2 is 0.733 bits per heavy atom. The van der Waals surface area contributed by atoms with Crippen molar-refractivity contribution in [2.75, 3.05) is 0 Å². The average Bonchev–Trinajstić information content (AvgIpc) is 2.73. The van der Waals surface area contributed by atoms with Gasteiger partial charge in [-0.1, -0.05) is 104 Å². The van der Waals surface area contributed by atoms with Gasteiger partial charge >= 0.3 is 0 Å². The Balaban J connectivity index is 2.73. The van der Waals surface area contributed by atoms with Crippen LogP contribution in [0.25, 0.3) is 0 Å². The highest BCUT2D eigenvalue weighted by Crippen LogP contribution is 2.30. The van der Waals surface area contributed by atoms with Crippen LogP contribution in [-0.2, 0) is 8.85 Å². The molecule has 2 nitrogen and oxygen atoms in total. The number of rotatable bonds is 18. The van der Waals surface area contributed by atoms with E-state index in [0.29, 0.717) is 0 Å². The summed E-state index contributed by atoms with van der Waals surface area (Å²) in [7, 11) is -1.37. The van der Waals surface area contributed by atoms with Gasteiger partial charge in [0.25, 0.3) is 0 Å². The van der Waals surface area contributed by atoms with Crippen LogP contribution in [0.3, 0.4) is 0 Å². The fraction of sp³-hybridized carbons (Fsp3) is 0.769. The zero-order chi connectivity index (χ0) is 22.3. The van der Waals surface area contributed by atoms with E-state index < -0.39 is 19.5 Å². The third-order valence-electron chi connectivity index (χ3n) is 6.35. The fourth-order valence-electron chi connectivity index (χ4n) is 5.12. The normalized spacial score (nSPS) is 13.3. The maximum absolute atomic E-state index is 6.71. The summed E-state index contributed by atoms with van der Waals surface area (Å²) in [5, 5.41) is 2.87. The van der Waals surface area contributed by atoms with Gasteiger partial charge in [0.2, 0.25) is 0 Å². The Kier molecular flexibility index (Phi) is 14.2. The van der Waals surface area contributed by atoms with E-state index >= 15 is 0 Å². The van der Waals surface area contributed by atoms with E-state index in [9.17, 15) is 0 Å². The maximum Gasteiger partial charge on any atom is 0.193 e. The standard InChI is InChI=1S/C26H50O2Si2/c1-7-17-25(18-8-2,19-9-3)27-29-23-13-15-24(16-14-23)30-28-26(20-10-4,21-11-5)22-12-6/h13-16H,7-12,17-22,29-30H2,1-6H3. The second kappa shape index (κ2) is 15.4. The molecule has 0 aliphatic rings. The van der Waals surface area contributed by atoms with Gasteiger partial charge in [-0.15, -0.1) is 0 Å². The van der Waals surface area contributed by atoms with E-state index in [1.54, 1.807) is 0 Å². The Morgan fingerprint density at radius 3 is 0.933 bits per heavy atom. The van der Waals surface area contributed by atoms with E-state index in [2.05, 4.69) is 65.8 Å². The molecule has 0 aromatic heterocycles. The number of hydrogen-bond donors (Lipinski definition) is 0. The zero-order valence-corrected chi connectivity index (χ0v) is 23.9. The second-order valence-corrected chi connectivity index (χ2v) is 12.0. The molecule has 1 aromatic carbocycles. The summed E-state index contributed by atoms with van der Waals surface area (Å²) in [5.74, 6) is 0. The van der Waals surface area contributed by atoms with Gasteiger partial charge in [0.05, 0.1) is 11.2 Å². The van der Waals surface area contributed by atoms with Crippen molar-refractivity contribution in [1.82, 2.24) is 0 Å². The first-order chi connectivity index (χ1) is 14.5. The second-order valence-electron chi connectivity index (χ2n) is 9.26. The van der Waals surface area contributed by atoms with Crippen molar-refractivity contribution in [2.24, 2.45) is 0 Å². The molecule has 0 unspecified atom stereocenters. The van der Waals surface area contributed by atoms with Crippen LogP contribution >= 0.6 is 0 Å². The summed E-state index contributed by atoms with van der Waals surface area (Å²) in [6.45, 7) is 13.8. The molecule has 0 heterocycles. The van der Waals surface area contributed by atoms with Crippen LogP contribution < -0.4 is 10.4 Å². The van der Waals surface area contributed by atoms with Crippen molar-refractivity contribution in [3.8, 4) is 0 Å². The molecule has 0 bridgehead atoms. The molecule has 0 amide bonds. The van der Waals surface area contributed by atoms with E-state index in [-0.39, 0.29) is 11.2 Å². The van der Waals surface area contributed by atoms with Crippen molar-refractivity contribution in [1.29, 1.82) is 0 Å². The molecule has 1 aromatic rings. The van der Waals surface area contributed by atoms with Crippen LogP contribution in [-0.4, -0.2) is 30.7 Å². The summed E-state index contributed by atoms with van der Waals surface area (Å²) in [4.78, 5) is 0. The van der Waals surface area contributed by atoms with E-state index in [4.69, 9.17) is 8.85 Å². The molecule has 4 heteroatoms. The molecule has 1 rings (SSSR count). The monoisotopic (exact) mass is 450 g/mol. The Morgan fingerprint density at radius 1 is 0.500 bits per heavy atom. The Bertz CT molecular complexity index is 461. The third-order valence-corrected chi connectivity index (χ3v) is 9.47. The SMILES string of the molecule is CCCC(CCC)(CCC)O[SiH2]c1ccc([SiH2]OC(CCC)(CCC)CCC)cc1. The predicted octanol–water partition coefficient (Wildman–Crippen LogP) is 5.42. The van der Waals surface area contributed by atoms with Gasteiger partial charge in [0.1, 0.15) is 0 Å². The summed E-state index contributed by atoms with van der Waals surface area (Å²) in [6.07, 6.45) is 14.5. The molecule has 0 aliphatic carbocycles. The van der Waals surface area contributed by atoms with Crippen molar-refractivity contribution < 1.29 is 8.85 Å². The van der Waals surface area contributed by atoms with Gasteiger partial charge in [-0.2, -0.15) is 0 Å². The lowest BCUT2D eigenvalue weighted by atomic mass is 9.88. The molecule has 0 spiro atoms. The summed E-state index contributed by atoms with van der Waals surface area (Å²) in [6, 6.07) is 9.31. The molecule has 0 N–H and O–H groups in total. The highest BCUT2D eigenvalue weighted by molar-refractivity contribution is 6.49. The molecule has 0 atom stereocenters. The smallest absolute Gasteiger partial charge is 0.193 e. The average molecular weight is 451 g/mol. The van der Waals surface area contributed by atoms with Crippen molar-refractivity contribution in [3.05, 3.63) is 24.3 Å². The minimum Gasteiger partial charge on any atom is -0.413 e. The molecular formula is C26H50O2Si2. The topological polar surface area (TPSA) is 18.5 Å². The highest BCUT2D eigenvalue weighted by Gasteiger charge is 2.29. The van der Waals surface area contributed by atoms with Gasteiger partial charge in [-0.3, -0.25) is 0 Å². The molecule has 0 aliphatic heterocycles. The quantitative estimate of drug-likeness (QED) is 0.278. The lowest BCUT2D eigenvalue weighted by Crippen LogP contribution is -2.38. The van der Waals surface area contributed by atoms with Gasteiger partial charge in [-0.05, 0) is 48.9 Å². The van der Waals surface area contributed by atoms with E-state index in [1.165, 1.54) is 87.4 Å². The zero-order valence-electron chi connectivity index (χ0n) is 21.0. The molecule has 0 saturated heterocycles. The first-order valence-corrected chi connectivity index (χ1v) is 15.4. The molecule has 174 valence electrons. The molecule has 0 fully saturated rings. The van der Waals surface area contributed by atoms with Gasteiger partial charge < -0.3 is 8.85 Å². The van der Waals surface area contributed by atoms with Gasteiger partial charge in [-0.25, -0.2) is 0 Å². The third kappa shape index (κ3) is 9.38. The molecule has 30 heavy (non-hydrogen) atoms. The minimum absolute atomic E-state index is 0.126. The Labute approximate surface area is 192 Å². The Hall–Kier alpha value is -0.426. The van der Waals surface area contributed by atoms with Crippen LogP contribution in [0.5, 0.6) is 0 Å². The minimum atomic E-state index is -0.683. The van der Waals surface area contributed by atoms with Crippen LogP contribution in [0.4, 0.5) is 0 Å². The molecular weight excluding hydrogens is 400 g/mol. The van der Waals surface area contributed by atoms with E-state index in [1.807, 2.05) is 0 Å². The first-order valence-electron chi connectivity index (χ1n) is 12.9. The van der Waals surface area contributed by atoms with Crippen molar-refractivity contribution in [2.45, 2.75) is 130 Å². The van der Waals surface area contributed by atoms with E-state index in [0.717, 1.165) is 0 Å². The van der Waals surface area contributed by atoms with Gasteiger partial charge in [0.15, 0.2) is 19.5 Å². The molecule has 0 radical (unpaired) electrons. The first kappa shape index (κ1) is 27.6. The van der Waals surface area contributed by atoms with Gasteiger partial charge in [0, 0.05) is 0 Å².